The number of hydrogen-bond acceptors (Lipinski definition) is 4. The van der Waals surface area contributed by atoms with Crippen molar-refractivity contribution in [3.63, 3.8) is 0 Å². The Labute approximate surface area is 104 Å². The Morgan fingerprint density at radius 1 is 1.56 bits per heavy atom. The minimum atomic E-state index is 0. The average Bonchev–Trinajstić information content (AvgIpc) is 2.18. The van der Waals surface area contributed by atoms with E-state index in [4.69, 9.17) is 5.21 Å². The van der Waals surface area contributed by atoms with Crippen LogP contribution in [0.3, 0.4) is 0 Å². The number of rotatable bonds is 4. The van der Waals surface area contributed by atoms with Gasteiger partial charge < -0.3 is 10.1 Å². The van der Waals surface area contributed by atoms with E-state index in [9.17, 15) is 0 Å². The molecule has 0 saturated heterocycles. The molecule has 0 aromatic carbocycles. The molecule has 0 aromatic heterocycles. The SMILES string of the molecule is CCCCN1CC(C)(C)CN=C1/C=N/O.Cl. The molecule has 1 rings (SSSR count). The van der Waals surface area contributed by atoms with Crippen molar-refractivity contribution in [3.8, 4) is 0 Å². The molecule has 94 valence electrons. The summed E-state index contributed by atoms with van der Waals surface area (Å²) in [6, 6.07) is 0. The molecule has 0 aromatic rings. The predicted octanol–water partition coefficient (Wildman–Crippen LogP) is 2.41. The van der Waals surface area contributed by atoms with Gasteiger partial charge in [-0.15, -0.1) is 12.4 Å². The zero-order valence-electron chi connectivity index (χ0n) is 10.3. The summed E-state index contributed by atoms with van der Waals surface area (Å²) in [5, 5.41) is 11.6. The van der Waals surface area contributed by atoms with Crippen molar-refractivity contribution in [2.45, 2.75) is 33.6 Å². The number of amidine groups is 1. The maximum atomic E-state index is 8.55. The fourth-order valence-electron chi connectivity index (χ4n) is 1.76. The molecule has 1 aliphatic rings. The van der Waals surface area contributed by atoms with Gasteiger partial charge >= 0.3 is 0 Å². The van der Waals surface area contributed by atoms with Gasteiger partial charge in [-0.05, 0) is 6.42 Å². The Balaban J connectivity index is 0.00000225. The number of nitrogens with zero attached hydrogens (tertiary/aromatic N) is 3. The first-order valence-electron chi connectivity index (χ1n) is 5.56. The summed E-state index contributed by atoms with van der Waals surface area (Å²) in [6.07, 6.45) is 3.75. The van der Waals surface area contributed by atoms with Crippen molar-refractivity contribution in [1.29, 1.82) is 0 Å². The van der Waals surface area contributed by atoms with Crippen molar-refractivity contribution in [1.82, 2.24) is 4.90 Å². The summed E-state index contributed by atoms with van der Waals surface area (Å²) in [5.74, 6) is 0.810. The third kappa shape index (κ3) is 4.39. The molecule has 4 nitrogen and oxygen atoms in total. The molecule has 1 N–H and O–H groups in total. The van der Waals surface area contributed by atoms with Gasteiger partial charge in [0, 0.05) is 25.0 Å². The monoisotopic (exact) mass is 247 g/mol. The van der Waals surface area contributed by atoms with Crippen LogP contribution in [0.15, 0.2) is 10.1 Å². The van der Waals surface area contributed by atoms with E-state index in [0.29, 0.717) is 0 Å². The zero-order valence-corrected chi connectivity index (χ0v) is 11.1. The van der Waals surface area contributed by atoms with Crippen LogP contribution in [-0.4, -0.2) is 41.8 Å². The second-order valence-corrected chi connectivity index (χ2v) is 4.86. The van der Waals surface area contributed by atoms with Crippen LogP contribution >= 0.6 is 12.4 Å². The molecule has 0 amide bonds. The van der Waals surface area contributed by atoms with Gasteiger partial charge in [-0.2, -0.15) is 0 Å². The number of halogens is 1. The lowest BCUT2D eigenvalue weighted by Gasteiger charge is -2.37. The average molecular weight is 248 g/mol. The van der Waals surface area contributed by atoms with E-state index in [1.807, 2.05) is 0 Å². The van der Waals surface area contributed by atoms with Crippen LogP contribution < -0.4 is 0 Å². The maximum Gasteiger partial charge on any atom is 0.145 e. The van der Waals surface area contributed by atoms with Crippen molar-refractivity contribution in [3.05, 3.63) is 0 Å². The van der Waals surface area contributed by atoms with E-state index in [2.05, 4.69) is 35.8 Å². The van der Waals surface area contributed by atoms with Gasteiger partial charge in [0.25, 0.3) is 0 Å². The van der Waals surface area contributed by atoms with E-state index in [-0.39, 0.29) is 17.8 Å². The second-order valence-electron chi connectivity index (χ2n) is 4.86. The fraction of sp³-hybridized carbons (Fsp3) is 0.818. The first-order valence-corrected chi connectivity index (χ1v) is 5.56. The summed E-state index contributed by atoms with van der Waals surface area (Å²) < 4.78 is 0. The number of unbranched alkanes of at least 4 members (excludes halogenated alkanes) is 1. The predicted molar refractivity (Wildman–Crippen MR) is 70.1 cm³/mol. The highest BCUT2D eigenvalue weighted by molar-refractivity contribution is 6.29. The van der Waals surface area contributed by atoms with E-state index < -0.39 is 0 Å². The number of hydrogen-bond donors (Lipinski definition) is 1. The van der Waals surface area contributed by atoms with E-state index in [0.717, 1.165) is 31.9 Å². The van der Waals surface area contributed by atoms with Crippen molar-refractivity contribution in [2.24, 2.45) is 15.6 Å². The Morgan fingerprint density at radius 3 is 2.81 bits per heavy atom. The molecule has 0 saturated carbocycles. The third-order valence-electron chi connectivity index (χ3n) is 2.57. The molecule has 16 heavy (non-hydrogen) atoms. The molecule has 0 unspecified atom stereocenters. The summed E-state index contributed by atoms with van der Waals surface area (Å²) in [4.78, 5) is 6.64. The van der Waals surface area contributed by atoms with Gasteiger partial charge in [0.2, 0.25) is 0 Å². The topological polar surface area (TPSA) is 48.2 Å². The van der Waals surface area contributed by atoms with Crippen LogP contribution in [0.25, 0.3) is 0 Å². The van der Waals surface area contributed by atoms with E-state index >= 15 is 0 Å². The maximum absolute atomic E-state index is 8.55. The molecule has 0 bridgehead atoms. The molecule has 0 spiro atoms. The molecule has 5 heteroatoms. The minimum absolute atomic E-state index is 0. The lowest BCUT2D eigenvalue weighted by molar-refractivity contribution is 0.240. The summed E-state index contributed by atoms with van der Waals surface area (Å²) in [5.41, 5.74) is 0.223. The molecule has 1 aliphatic heterocycles. The van der Waals surface area contributed by atoms with Crippen LogP contribution in [0.5, 0.6) is 0 Å². The first kappa shape index (κ1) is 15.2. The van der Waals surface area contributed by atoms with E-state index in [1.54, 1.807) is 0 Å². The van der Waals surface area contributed by atoms with Gasteiger partial charge in [0.1, 0.15) is 12.1 Å². The molecule has 0 radical (unpaired) electrons. The molecular formula is C11H22ClN3O. The second kappa shape index (κ2) is 6.74. The van der Waals surface area contributed by atoms with Crippen LogP contribution in [0.1, 0.15) is 33.6 Å². The normalized spacial score (nSPS) is 19.4. The fourth-order valence-corrected chi connectivity index (χ4v) is 1.76. The van der Waals surface area contributed by atoms with Crippen molar-refractivity contribution < 1.29 is 5.21 Å². The van der Waals surface area contributed by atoms with Gasteiger partial charge in [-0.1, -0.05) is 32.3 Å². The third-order valence-corrected chi connectivity index (χ3v) is 2.57. The van der Waals surface area contributed by atoms with Crippen LogP contribution in [0.2, 0.25) is 0 Å². The first-order chi connectivity index (χ1) is 7.09. The Kier molecular flexibility index (Phi) is 6.41. The molecule has 0 aliphatic carbocycles. The number of oxime groups is 1. The Bertz CT molecular complexity index is 264. The minimum Gasteiger partial charge on any atom is -0.411 e. The van der Waals surface area contributed by atoms with E-state index in [1.165, 1.54) is 12.6 Å². The lowest BCUT2D eigenvalue weighted by atomic mass is 9.91. The molecule has 0 atom stereocenters. The molecular weight excluding hydrogens is 226 g/mol. The van der Waals surface area contributed by atoms with Gasteiger partial charge in [-0.3, -0.25) is 4.99 Å². The highest BCUT2D eigenvalue weighted by Crippen LogP contribution is 2.22. The number of aliphatic imine (C=N–C) groups is 1. The summed E-state index contributed by atoms with van der Waals surface area (Å²) in [7, 11) is 0. The highest BCUT2D eigenvalue weighted by atomic mass is 35.5. The van der Waals surface area contributed by atoms with Gasteiger partial charge in [0.15, 0.2) is 0 Å². The standard InChI is InChI=1S/C11H21N3O.ClH/c1-4-5-6-14-9-11(2,3)8-12-10(14)7-13-15;/h7,15H,4-6,8-9H2,1-3H3;1H/b13-7+;. The zero-order chi connectivity index (χ0) is 11.3. The van der Waals surface area contributed by atoms with Gasteiger partial charge in [-0.25, -0.2) is 0 Å². The Morgan fingerprint density at radius 2 is 2.25 bits per heavy atom. The quantitative estimate of drug-likeness (QED) is 0.471. The van der Waals surface area contributed by atoms with Gasteiger partial charge in [0.05, 0.1) is 0 Å². The summed E-state index contributed by atoms with van der Waals surface area (Å²) in [6.45, 7) is 9.37. The molecule has 0 fully saturated rings. The van der Waals surface area contributed by atoms with Crippen LogP contribution in [0.4, 0.5) is 0 Å². The summed E-state index contributed by atoms with van der Waals surface area (Å²) >= 11 is 0. The van der Waals surface area contributed by atoms with Crippen LogP contribution in [0, 0.1) is 5.41 Å². The smallest absolute Gasteiger partial charge is 0.145 e. The lowest BCUT2D eigenvalue weighted by Crippen LogP contribution is -2.45. The van der Waals surface area contributed by atoms with Crippen molar-refractivity contribution >= 4 is 24.5 Å². The Hall–Kier alpha value is -0.770. The highest BCUT2D eigenvalue weighted by Gasteiger charge is 2.27. The molecule has 1 heterocycles. The van der Waals surface area contributed by atoms with Crippen LogP contribution in [-0.2, 0) is 0 Å². The van der Waals surface area contributed by atoms with Crippen molar-refractivity contribution in [2.75, 3.05) is 19.6 Å². The largest absolute Gasteiger partial charge is 0.411 e.